The predicted molar refractivity (Wildman–Crippen MR) is 34.2 cm³/mol. The van der Waals surface area contributed by atoms with Gasteiger partial charge >= 0.3 is 5.92 Å². The van der Waals surface area contributed by atoms with Crippen LogP contribution in [0.1, 0.15) is 6.92 Å². The van der Waals surface area contributed by atoms with Gasteiger partial charge in [0.05, 0.1) is 6.54 Å². The summed E-state index contributed by atoms with van der Waals surface area (Å²) >= 11 is 4.55. The summed E-state index contributed by atoms with van der Waals surface area (Å²) in [4.78, 5) is 0. The zero-order chi connectivity index (χ0) is 8.20. The molecule has 1 N–H and O–H groups in total. The molecule has 1 unspecified atom stereocenters. The lowest BCUT2D eigenvalue weighted by molar-refractivity contribution is -0.0377. The predicted octanol–water partition coefficient (Wildman–Crippen LogP) is 1.77. The highest BCUT2D eigenvalue weighted by molar-refractivity contribution is 6.20. The molecule has 0 spiro atoms. The van der Waals surface area contributed by atoms with Gasteiger partial charge in [-0.05, 0) is 6.54 Å². The van der Waals surface area contributed by atoms with Gasteiger partial charge in [-0.2, -0.15) is 0 Å². The van der Waals surface area contributed by atoms with Crippen molar-refractivity contribution in [1.29, 1.82) is 0 Å². The average molecular weight is 176 g/mol. The van der Waals surface area contributed by atoms with Gasteiger partial charge in [0.2, 0.25) is 5.63 Å². The molecule has 0 aromatic carbocycles. The number of alkyl halides is 4. The number of halogens is 4. The molecule has 1 atom stereocenters. The summed E-state index contributed by atoms with van der Waals surface area (Å²) < 4.78 is 36.1. The van der Waals surface area contributed by atoms with E-state index in [-0.39, 0.29) is 0 Å². The van der Waals surface area contributed by atoms with Gasteiger partial charge in [0.1, 0.15) is 0 Å². The van der Waals surface area contributed by atoms with E-state index in [9.17, 15) is 13.2 Å². The van der Waals surface area contributed by atoms with E-state index < -0.39 is 18.1 Å². The molecule has 0 fully saturated rings. The van der Waals surface area contributed by atoms with Crippen molar-refractivity contribution in [3.05, 3.63) is 0 Å². The van der Waals surface area contributed by atoms with Gasteiger partial charge in [0, 0.05) is 0 Å². The molecule has 0 aromatic heterocycles. The third kappa shape index (κ3) is 3.27. The maximum absolute atomic E-state index is 12.2. The van der Waals surface area contributed by atoms with E-state index in [1.165, 1.54) is 0 Å². The Kier molecular flexibility index (Phi) is 4.05. The standard InChI is InChI=1S/C5H9ClF3N/c1-2-10-3-5(8,9)4(6)7/h4,10H,2-3H2,1H3. The first-order chi connectivity index (χ1) is 4.50. The lowest BCUT2D eigenvalue weighted by atomic mass is 10.3. The van der Waals surface area contributed by atoms with Crippen LogP contribution in [0.2, 0.25) is 0 Å². The van der Waals surface area contributed by atoms with Gasteiger partial charge in [-0.25, -0.2) is 13.2 Å². The maximum Gasteiger partial charge on any atom is 0.304 e. The highest BCUT2D eigenvalue weighted by atomic mass is 35.5. The van der Waals surface area contributed by atoms with E-state index in [1.54, 1.807) is 6.92 Å². The summed E-state index contributed by atoms with van der Waals surface area (Å²) in [6.07, 6.45) is 0. The Labute approximate surface area is 62.5 Å². The minimum absolute atomic E-state index is 0.374. The zero-order valence-electron chi connectivity index (χ0n) is 5.50. The van der Waals surface area contributed by atoms with Crippen LogP contribution in [-0.2, 0) is 0 Å². The van der Waals surface area contributed by atoms with Gasteiger partial charge in [-0.1, -0.05) is 18.5 Å². The Morgan fingerprint density at radius 2 is 2.10 bits per heavy atom. The van der Waals surface area contributed by atoms with Crippen molar-refractivity contribution in [2.24, 2.45) is 0 Å². The largest absolute Gasteiger partial charge is 0.311 e. The topological polar surface area (TPSA) is 12.0 Å². The molecule has 0 radical (unpaired) electrons. The van der Waals surface area contributed by atoms with Gasteiger partial charge in [0.15, 0.2) is 0 Å². The smallest absolute Gasteiger partial charge is 0.304 e. The van der Waals surface area contributed by atoms with E-state index >= 15 is 0 Å². The summed E-state index contributed by atoms with van der Waals surface area (Å²) in [5.41, 5.74) is -2.61. The van der Waals surface area contributed by atoms with Crippen LogP contribution < -0.4 is 5.32 Å². The second-order valence-corrected chi connectivity index (χ2v) is 2.23. The molecule has 1 nitrogen and oxygen atoms in total. The first-order valence-corrected chi connectivity index (χ1v) is 3.31. The van der Waals surface area contributed by atoms with Crippen molar-refractivity contribution in [3.8, 4) is 0 Å². The van der Waals surface area contributed by atoms with Gasteiger partial charge < -0.3 is 5.32 Å². The molecule has 0 saturated carbocycles. The number of rotatable bonds is 4. The fourth-order valence-electron chi connectivity index (χ4n) is 0.369. The van der Waals surface area contributed by atoms with Crippen LogP contribution in [-0.4, -0.2) is 24.6 Å². The molecule has 0 aliphatic rings. The summed E-state index contributed by atoms with van der Waals surface area (Å²) in [5.74, 6) is -3.46. The highest BCUT2D eigenvalue weighted by Gasteiger charge is 2.37. The SMILES string of the molecule is CCNCC(F)(F)C(F)Cl. The van der Waals surface area contributed by atoms with Gasteiger partial charge in [-0.15, -0.1) is 0 Å². The molecule has 0 amide bonds. The van der Waals surface area contributed by atoms with E-state index in [2.05, 4.69) is 16.9 Å². The third-order valence-corrected chi connectivity index (χ3v) is 1.25. The van der Waals surface area contributed by atoms with Crippen molar-refractivity contribution in [3.63, 3.8) is 0 Å². The molecule has 62 valence electrons. The minimum Gasteiger partial charge on any atom is -0.311 e. The lowest BCUT2D eigenvalue weighted by Gasteiger charge is -2.15. The zero-order valence-corrected chi connectivity index (χ0v) is 6.26. The first kappa shape index (κ1) is 10.0. The molecule has 10 heavy (non-hydrogen) atoms. The van der Waals surface area contributed by atoms with Crippen molar-refractivity contribution in [2.45, 2.75) is 18.5 Å². The summed E-state index contributed by atoms with van der Waals surface area (Å²) in [5, 5.41) is 2.30. The highest BCUT2D eigenvalue weighted by Crippen LogP contribution is 2.23. The molecule has 0 heterocycles. The maximum atomic E-state index is 12.2. The van der Waals surface area contributed by atoms with Crippen LogP contribution in [0, 0.1) is 0 Å². The van der Waals surface area contributed by atoms with Gasteiger partial charge in [-0.3, -0.25) is 0 Å². The van der Waals surface area contributed by atoms with Gasteiger partial charge in [0.25, 0.3) is 0 Å². The molecule has 0 saturated heterocycles. The minimum atomic E-state index is -3.46. The van der Waals surface area contributed by atoms with E-state index in [1.807, 2.05) is 0 Å². The number of hydrogen-bond acceptors (Lipinski definition) is 1. The van der Waals surface area contributed by atoms with Crippen LogP contribution in [0.5, 0.6) is 0 Å². The van der Waals surface area contributed by atoms with Crippen LogP contribution >= 0.6 is 11.6 Å². The van der Waals surface area contributed by atoms with Crippen molar-refractivity contribution in [1.82, 2.24) is 5.32 Å². The van der Waals surface area contributed by atoms with Crippen molar-refractivity contribution < 1.29 is 13.2 Å². The summed E-state index contributed by atoms with van der Waals surface area (Å²) in [7, 11) is 0. The Hall–Kier alpha value is 0.0400. The van der Waals surface area contributed by atoms with E-state index in [0.29, 0.717) is 6.54 Å². The molecular formula is C5H9ClF3N. The van der Waals surface area contributed by atoms with Crippen molar-refractivity contribution >= 4 is 11.6 Å². The lowest BCUT2D eigenvalue weighted by Crippen LogP contribution is -2.38. The Balaban J connectivity index is 3.63. The third-order valence-electron chi connectivity index (χ3n) is 0.930. The molecule has 0 bridgehead atoms. The van der Waals surface area contributed by atoms with Crippen LogP contribution in [0.15, 0.2) is 0 Å². The normalized spacial score (nSPS) is 15.3. The molecule has 0 aliphatic heterocycles. The van der Waals surface area contributed by atoms with E-state index in [0.717, 1.165) is 0 Å². The average Bonchev–Trinajstić information content (AvgIpc) is 1.84. The molecule has 0 aromatic rings. The van der Waals surface area contributed by atoms with E-state index in [4.69, 9.17) is 0 Å². The summed E-state index contributed by atoms with van der Waals surface area (Å²) in [6, 6.07) is 0. The molecule has 5 heteroatoms. The molecule has 0 aliphatic carbocycles. The number of nitrogens with one attached hydrogen (secondary N) is 1. The van der Waals surface area contributed by atoms with Crippen LogP contribution in [0.4, 0.5) is 13.2 Å². The monoisotopic (exact) mass is 175 g/mol. The second-order valence-electron chi connectivity index (χ2n) is 1.84. The fraction of sp³-hybridized carbons (Fsp3) is 1.00. The second kappa shape index (κ2) is 4.03. The molecule has 0 rings (SSSR count). The van der Waals surface area contributed by atoms with Crippen LogP contribution in [0.3, 0.4) is 0 Å². The van der Waals surface area contributed by atoms with Crippen molar-refractivity contribution in [2.75, 3.05) is 13.1 Å². The Bertz CT molecular complexity index is 96.9. The summed E-state index contributed by atoms with van der Waals surface area (Å²) in [6.45, 7) is 1.31. The Morgan fingerprint density at radius 1 is 1.60 bits per heavy atom. The number of hydrogen-bond donors (Lipinski definition) is 1. The quantitative estimate of drug-likeness (QED) is 0.643. The Morgan fingerprint density at radius 3 is 2.40 bits per heavy atom. The first-order valence-electron chi connectivity index (χ1n) is 2.87. The fourth-order valence-corrected chi connectivity index (χ4v) is 0.446. The van der Waals surface area contributed by atoms with Crippen LogP contribution in [0.25, 0.3) is 0 Å². The molecular weight excluding hydrogens is 167 g/mol.